The van der Waals surface area contributed by atoms with Crippen LogP contribution in [-0.4, -0.2) is 23.0 Å². The summed E-state index contributed by atoms with van der Waals surface area (Å²) in [7, 11) is 0. The van der Waals surface area contributed by atoms with Crippen molar-refractivity contribution >= 4 is 11.5 Å². The van der Waals surface area contributed by atoms with E-state index >= 15 is 0 Å². The number of nitrogens with zero attached hydrogens (tertiary/aromatic N) is 2. The summed E-state index contributed by atoms with van der Waals surface area (Å²) in [4.78, 5) is 7.17. The van der Waals surface area contributed by atoms with Crippen LogP contribution in [0.4, 0.5) is 11.5 Å². The molecule has 1 aromatic heterocycles. The van der Waals surface area contributed by atoms with E-state index in [1.807, 2.05) is 30.5 Å². The Morgan fingerprint density at radius 3 is 2.86 bits per heavy atom. The Bertz CT molecular complexity index is 568. The van der Waals surface area contributed by atoms with Gasteiger partial charge in [-0.1, -0.05) is 31.2 Å². The normalized spacial score (nSPS) is 18.8. The van der Waals surface area contributed by atoms with Gasteiger partial charge in [-0.2, -0.15) is 0 Å². The van der Waals surface area contributed by atoms with Gasteiger partial charge in [0.1, 0.15) is 5.82 Å². The second-order valence-corrected chi connectivity index (χ2v) is 5.63. The maximum Gasteiger partial charge on any atom is 0.135 e. The average Bonchev–Trinajstić information content (AvgIpc) is 2.97. The van der Waals surface area contributed by atoms with Crippen molar-refractivity contribution < 1.29 is 0 Å². The van der Waals surface area contributed by atoms with Crippen LogP contribution in [0.2, 0.25) is 0 Å². The molecule has 0 saturated carbocycles. The molecule has 0 amide bonds. The van der Waals surface area contributed by atoms with Crippen LogP contribution in [-0.2, 0) is 0 Å². The molecule has 1 fully saturated rings. The highest BCUT2D eigenvalue weighted by Crippen LogP contribution is 2.35. The van der Waals surface area contributed by atoms with Crippen LogP contribution >= 0.6 is 0 Å². The number of nitrogens with one attached hydrogen (secondary N) is 1. The Hall–Kier alpha value is -1.87. The third kappa shape index (κ3) is 3.24. The Morgan fingerprint density at radius 2 is 2.05 bits per heavy atom. The van der Waals surface area contributed by atoms with Crippen LogP contribution in [0.25, 0.3) is 0 Å². The molecule has 1 aliphatic heterocycles. The van der Waals surface area contributed by atoms with Gasteiger partial charge in [0.25, 0.3) is 0 Å². The zero-order chi connectivity index (χ0) is 14.5. The van der Waals surface area contributed by atoms with E-state index in [4.69, 9.17) is 0 Å². The topological polar surface area (TPSA) is 28.2 Å². The largest absolute Gasteiger partial charge is 0.340 e. The molecule has 1 unspecified atom stereocenters. The standard InChI is InChI=1S/C18H23N3/c1-2-13-21-14-7-11-17(21)16-10-6-12-19-18(16)20-15-8-4-3-5-9-15/h3-6,8-10,12,17H,2,7,11,13-14H2,1H3,(H,19,20). The van der Waals surface area contributed by atoms with Crippen molar-refractivity contribution in [1.82, 2.24) is 9.88 Å². The van der Waals surface area contributed by atoms with E-state index in [1.165, 1.54) is 37.9 Å². The van der Waals surface area contributed by atoms with E-state index in [9.17, 15) is 0 Å². The van der Waals surface area contributed by atoms with Crippen molar-refractivity contribution in [3.05, 3.63) is 54.2 Å². The first-order chi connectivity index (χ1) is 10.4. The van der Waals surface area contributed by atoms with Crippen molar-refractivity contribution in [3.63, 3.8) is 0 Å². The lowest BCUT2D eigenvalue weighted by atomic mass is 10.0. The molecule has 3 nitrogen and oxygen atoms in total. The van der Waals surface area contributed by atoms with Gasteiger partial charge < -0.3 is 5.32 Å². The summed E-state index contributed by atoms with van der Waals surface area (Å²) in [5.74, 6) is 0.997. The molecule has 0 bridgehead atoms. The zero-order valence-corrected chi connectivity index (χ0v) is 12.6. The summed E-state index contributed by atoms with van der Waals surface area (Å²) in [5.41, 5.74) is 2.42. The predicted octanol–water partition coefficient (Wildman–Crippen LogP) is 4.37. The summed E-state index contributed by atoms with van der Waals surface area (Å²) >= 11 is 0. The maximum atomic E-state index is 4.58. The molecule has 21 heavy (non-hydrogen) atoms. The van der Waals surface area contributed by atoms with Gasteiger partial charge in [0, 0.05) is 23.5 Å². The SMILES string of the molecule is CCCN1CCCC1c1cccnc1Nc1ccccc1. The average molecular weight is 281 g/mol. The van der Waals surface area contributed by atoms with Crippen molar-refractivity contribution in [1.29, 1.82) is 0 Å². The number of pyridine rings is 1. The number of rotatable bonds is 5. The molecule has 2 aromatic rings. The van der Waals surface area contributed by atoms with Crippen LogP contribution in [0.5, 0.6) is 0 Å². The molecule has 0 spiro atoms. The monoisotopic (exact) mass is 281 g/mol. The first-order valence-electron chi connectivity index (χ1n) is 7.89. The van der Waals surface area contributed by atoms with Crippen LogP contribution in [0.15, 0.2) is 48.7 Å². The number of para-hydroxylation sites is 1. The lowest BCUT2D eigenvalue weighted by molar-refractivity contribution is 0.258. The van der Waals surface area contributed by atoms with Crippen molar-refractivity contribution in [2.24, 2.45) is 0 Å². The van der Waals surface area contributed by atoms with Gasteiger partial charge in [-0.25, -0.2) is 4.98 Å². The Labute approximate surface area is 127 Å². The van der Waals surface area contributed by atoms with Gasteiger partial charge >= 0.3 is 0 Å². The quantitative estimate of drug-likeness (QED) is 0.882. The summed E-state index contributed by atoms with van der Waals surface area (Å²) in [5, 5.41) is 3.47. The molecule has 110 valence electrons. The van der Waals surface area contributed by atoms with E-state index in [0.717, 1.165) is 11.5 Å². The molecule has 1 saturated heterocycles. The molecular formula is C18H23N3. The molecule has 0 aliphatic carbocycles. The second kappa shape index (κ2) is 6.72. The number of hydrogen-bond donors (Lipinski definition) is 1. The first-order valence-corrected chi connectivity index (χ1v) is 7.89. The molecule has 1 N–H and O–H groups in total. The minimum absolute atomic E-state index is 0.505. The predicted molar refractivity (Wildman–Crippen MR) is 87.8 cm³/mol. The fourth-order valence-electron chi connectivity index (χ4n) is 3.18. The second-order valence-electron chi connectivity index (χ2n) is 5.63. The molecule has 1 atom stereocenters. The van der Waals surface area contributed by atoms with Crippen LogP contribution in [0, 0.1) is 0 Å². The summed E-state index contributed by atoms with van der Waals surface area (Å²) in [6.45, 7) is 4.63. The molecule has 1 aromatic carbocycles. The van der Waals surface area contributed by atoms with E-state index < -0.39 is 0 Å². The highest BCUT2D eigenvalue weighted by Gasteiger charge is 2.27. The minimum Gasteiger partial charge on any atom is -0.340 e. The number of benzene rings is 1. The maximum absolute atomic E-state index is 4.58. The van der Waals surface area contributed by atoms with E-state index in [-0.39, 0.29) is 0 Å². The highest BCUT2D eigenvalue weighted by molar-refractivity contribution is 5.59. The third-order valence-electron chi connectivity index (χ3n) is 4.11. The van der Waals surface area contributed by atoms with Gasteiger partial charge in [-0.3, -0.25) is 4.90 Å². The lowest BCUT2D eigenvalue weighted by Crippen LogP contribution is -2.24. The lowest BCUT2D eigenvalue weighted by Gasteiger charge is -2.25. The minimum atomic E-state index is 0.505. The third-order valence-corrected chi connectivity index (χ3v) is 4.11. The molecular weight excluding hydrogens is 258 g/mol. The van der Waals surface area contributed by atoms with Crippen LogP contribution < -0.4 is 5.32 Å². The summed E-state index contributed by atoms with van der Waals surface area (Å²) in [6, 6.07) is 15.1. The number of anilines is 2. The molecule has 2 heterocycles. The number of hydrogen-bond acceptors (Lipinski definition) is 3. The zero-order valence-electron chi connectivity index (χ0n) is 12.6. The highest BCUT2D eigenvalue weighted by atomic mass is 15.2. The fourth-order valence-corrected chi connectivity index (χ4v) is 3.18. The Kier molecular flexibility index (Phi) is 4.51. The van der Waals surface area contributed by atoms with E-state index in [2.05, 4.69) is 40.3 Å². The fraction of sp³-hybridized carbons (Fsp3) is 0.389. The van der Waals surface area contributed by atoms with E-state index in [1.54, 1.807) is 0 Å². The van der Waals surface area contributed by atoms with Gasteiger partial charge in [0.05, 0.1) is 0 Å². The molecule has 0 radical (unpaired) electrons. The first kappa shape index (κ1) is 14.1. The molecule has 3 rings (SSSR count). The number of aromatic nitrogens is 1. The van der Waals surface area contributed by atoms with Gasteiger partial charge in [-0.05, 0) is 50.6 Å². The van der Waals surface area contributed by atoms with Crippen molar-refractivity contribution in [2.45, 2.75) is 32.2 Å². The van der Waals surface area contributed by atoms with E-state index in [0.29, 0.717) is 6.04 Å². The molecule has 3 heteroatoms. The van der Waals surface area contributed by atoms with Crippen molar-refractivity contribution in [2.75, 3.05) is 18.4 Å². The van der Waals surface area contributed by atoms with Crippen LogP contribution in [0.3, 0.4) is 0 Å². The van der Waals surface area contributed by atoms with Crippen molar-refractivity contribution in [3.8, 4) is 0 Å². The molecule has 1 aliphatic rings. The Balaban J connectivity index is 1.85. The smallest absolute Gasteiger partial charge is 0.135 e. The van der Waals surface area contributed by atoms with Gasteiger partial charge in [-0.15, -0.1) is 0 Å². The number of likely N-dealkylation sites (tertiary alicyclic amines) is 1. The Morgan fingerprint density at radius 1 is 1.19 bits per heavy atom. The summed E-state index contributed by atoms with van der Waals surface area (Å²) in [6.07, 6.45) is 5.59. The van der Waals surface area contributed by atoms with Gasteiger partial charge in [0.15, 0.2) is 0 Å². The van der Waals surface area contributed by atoms with Crippen LogP contribution in [0.1, 0.15) is 37.8 Å². The van der Waals surface area contributed by atoms with Gasteiger partial charge in [0.2, 0.25) is 0 Å². The summed E-state index contributed by atoms with van der Waals surface area (Å²) < 4.78 is 0.